The first-order valence-electron chi connectivity index (χ1n) is 6.61. The molecule has 1 rings (SSSR count). The summed E-state index contributed by atoms with van der Waals surface area (Å²) in [5, 5.41) is 9.55. The molecule has 0 N–H and O–H groups in total. The lowest BCUT2D eigenvalue weighted by molar-refractivity contribution is 0.133. The molecule has 1 atom stereocenters. The van der Waals surface area contributed by atoms with Crippen LogP contribution in [0.15, 0.2) is 0 Å². The van der Waals surface area contributed by atoms with Gasteiger partial charge >= 0.3 is 0 Å². The van der Waals surface area contributed by atoms with Crippen LogP contribution in [0.2, 0.25) is 0 Å². The van der Waals surface area contributed by atoms with Crippen molar-refractivity contribution in [1.29, 1.82) is 5.26 Å². The van der Waals surface area contributed by atoms with Crippen LogP contribution in [0.5, 0.6) is 0 Å². The molecule has 3 nitrogen and oxygen atoms in total. The second-order valence-corrected chi connectivity index (χ2v) is 4.60. The van der Waals surface area contributed by atoms with Gasteiger partial charge in [0.1, 0.15) is 5.54 Å². The first-order chi connectivity index (χ1) is 7.72. The molecule has 1 saturated heterocycles. The van der Waals surface area contributed by atoms with Crippen LogP contribution in [0.1, 0.15) is 40.0 Å². The molecule has 1 heterocycles. The summed E-state index contributed by atoms with van der Waals surface area (Å²) >= 11 is 0. The average molecular weight is 223 g/mol. The van der Waals surface area contributed by atoms with E-state index >= 15 is 0 Å². The molecule has 1 fully saturated rings. The molecule has 0 aliphatic carbocycles. The molecule has 0 aromatic heterocycles. The van der Waals surface area contributed by atoms with E-state index in [2.05, 4.69) is 36.6 Å². The van der Waals surface area contributed by atoms with Gasteiger partial charge in [0.25, 0.3) is 0 Å². The van der Waals surface area contributed by atoms with Crippen molar-refractivity contribution < 1.29 is 0 Å². The summed E-state index contributed by atoms with van der Waals surface area (Å²) in [5.74, 6) is 0. The molecule has 92 valence electrons. The van der Waals surface area contributed by atoms with Crippen LogP contribution in [-0.2, 0) is 0 Å². The third kappa shape index (κ3) is 2.75. The summed E-state index contributed by atoms with van der Waals surface area (Å²) in [5.41, 5.74) is -0.201. The van der Waals surface area contributed by atoms with Gasteiger partial charge in [-0.15, -0.1) is 0 Å². The number of rotatable bonds is 4. The minimum Gasteiger partial charge on any atom is -0.304 e. The van der Waals surface area contributed by atoms with E-state index in [0.717, 1.165) is 52.0 Å². The number of hydrogen-bond donors (Lipinski definition) is 0. The van der Waals surface area contributed by atoms with Gasteiger partial charge in [-0.05, 0) is 45.4 Å². The smallest absolute Gasteiger partial charge is 0.110 e. The quantitative estimate of drug-likeness (QED) is 0.731. The van der Waals surface area contributed by atoms with E-state index in [4.69, 9.17) is 0 Å². The average Bonchev–Trinajstić information content (AvgIpc) is 2.54. The Balaban J connectivity index is 2.76. The Labute approximate surface area is 100 Å². The Kier molecular flexibility index (Phi) is 5.24. The zero-order valence-corrected chi connectivity index (χ0v) is 11.0. The Bertz CT molecular complexity index is 242. The molecule has 1 aliphatic rings. The zero-order valence-electron chi connectivity index (χ0n) is 11.0. The van der Waals surface area contributed by atoms with Gasteiger partial charge in [-0.25, -0.2) is 0 Å². The van der Waals surface area contributed by atoms with E-state index in [1.165, 1.54) is 0 Å². The first kappa shape index (κ1) is 13.5. The van der Waals surface area contributed by atoms with Crippen molar-refractivity contribution in [1.82, 2.24) is 9.80 Å². The van der Waals surface area contributed by atoms with Crippen LogP contribution >= 0.6 is 0 Å². The van der Waals surface area contributed by atoms with Crippen LogP contribution in [0, 0.1) is 11.3 Å². The molecular weight excluding hydrogens is 198 g/mol. The van der Waals surface area contributed by atoms with Crippen molar-refractivity contribution in [2.24, 2.45) is 0 Å². The van der Waals surface area contributed by atoms with Crippen molar-refractivity contribution in [3.05, 3.63) is 0 Å². The number of nitrogens with zero attached hydrogens (tertiary/aromatic N) is 3. The standard InChI is InChI=1S/C13H25N3/c1-4-15-10-7-8-13(12-14,9-11-15)16(5-2)6-3/h4-11H2,1-3H3. The van der Waals surface area contributed by atoms with E-state index in [0.29, 0.717) is 0 Å². The lowest BCUT2D eigenvalue weighted by Gasteiger charge is -2.37. The van der Waals surface area contributed by atoms with Gasteiger partial charge in [-0.2, -0.15) is 5.26 Å². The van der Waals surface area contributed by atoms with Crippen molar-refractivity contribution in [2.45, 2.75) is 45.6 Å². The third-order valence-corrected chi connectivity index (χ3v) is 3.93. The van der Waals surface area contributed by atoms with Gasteiger partial charge in [-0.3, -0.25) is 4.90 Å². The topological polar surface area (TPSA) is 30.3 Å². The third-order valence-electron chi connectivity index (χ3n) is 3.93. The van der Waals surface area contributed by atoms with Crippen molar-refractivity contribution >= 4 is 0 Å². The predicted octanol–water partition coefficient (Wildman–Crippen LogP) is 2.10. The van der Waals surface area contributed by atoms with Crippen LogP contribution in [-0.4, -0.2) is 48.1 Å². The summed E-state index contributed by atoms with van der Waals surface area (Å²) in [7, 11) is 0. The summed E-state index contributed by atoms with van der Waals surface area (Å²) < 4.78 is 0. The van der Waals surface area contributed by atoms with Crippen LogP contribution in [0.25, 0.3) is 0 Å². The fourth-order valence-corrected chi connectivity index (χ4v) is 2.82. The lowest BCUT2D eigenvalue weighted by atomic mass is 9.90. The van der Waals surface area contributed by atoms with Gasteiger partial charge in [0.15, 0.2) is 0 Å². The largest absolute Gasteiger partial charge is 0.304 e. The molecule has 0 amide bonds. The fourth-order valence-electron chi connectivity index (χ4n) is 2.82. The number of hydrogen-bond acceptors (Lipinski definition) is 3. The minimum absolute atomic E-state index is 0.201. The highest BCUT2D eigenvalue weighted by Crippen LogP contribution is 2.28. The highest BCUT2D eigenvalue weighted by atomic mass is 15.2. The highest BCUT2D eigenvalue weighted by Gasteiger charge is 2.36. The normalized spacial score (nSPS) is 27.7. The molecule has 0 aromatic carbocycles. The van der Waals surface area contributed by atoms with Gasteiger partial charge < -0.3 is 4.90 Å². The van der Waals surface area contributed by atoms with Gasteiger partial charge in [-0.1, -0.05) is 20.8 Å². The number of likely N-dealkylation sites (tertiary alicyclic amines) is 1. The second kappa shape index (κ2) is 6.22. The molecule has 0 radical (unpaired) electrons. The Morgan fingerprint density at radius 1 is 1.19 bits per heavy atom. The van der Waals surface area contributed by atoms with E-state index < -0.39 is 0 Å². The summed E-state index contributed by atoms with van der Waals surface area (Å²) in [6, 6.07) is 2.60. The summed E-state index contributed by atoms with van der Waals surface area (Å²) in [4.78, 5) is 4.80. The maximum absolute atomic E-state index is 9.55. The molecule has 0 spiro atoms. The molecule has 16 heavy (non-hydrogen) atoms. The van der Waals surface area contributed by atoms with Crippen LogP contribution in [0.4, 0.5) is 0 Å². The monoisotopic (exact) mass is 223 g/mol. The molecular formula is C13H25N3. The van der Waals surface area contributed by atoms with E-state index in [9.17, 15) is 5.26 Å². The molecule has 0 saturated carbocycles. The summed E-state index contributed by atoms with van der Waals surface area (Å²) in [6.45, 7) is 11.8. The Morgan fingerprint density at radius 2 is 1.88 bits per heavy atom. The maximum atomic E-state index is 9.55. The van der Waals surface area contributed by atoms with E-state index in [1.54, 1.807) is 0 Å². The molecule has 0 bridgehead atoms. The van der Waals surface area contributed by atoms with Crippen LogP contribution < -0.4 is 0 Å². The zero-order chi connectivity index (χ0) is 12.0. The van der Waals surface area contributed by atoms with E-state index in [1.807, 2.05) is 0 Å². The minimum atomic E-state index is -0.201. The highest BCUT2D eigenvalue weighted by molar-refractivity contribution is 5.09. The Hall–Kier alpha value is -0.590. The van der Waals surface area contributed by atoms with Crippen LogP contribution in [0.3, 0.4) is 0 Å². The molecule has 0 aromatic rings. The van der Waals surface area contributed by atoms with E-state index in [-0.39, 0.29) is 5.54 Å². The molecule has 1 unspecified atom stereocenters. The second-order valence-electron chi connectivity index (χ2n) is 4.60. The van der Waals surface area contributed by atoms with Crippen molar-refractivity contribution in [2.75, 3.05) is 32.7 Å². The van der Waals surface area contributed by atoms with Crippen molar-refractivity contribution in [3.63, 3.8) is 0 Å². The predicted molar refractivity (Wildman–Crippen MR) is 67.2 cm³/mol. The van der Waals surface area contributed by atoms with Gasteiger partial charge in [0.2, 0.25) is 0 Å². The number of nitriles is 1. The maximum Gasteiger partial charge on any atom is 0.110 e. The molecule has 1 aliphatic heterocycles. The molecule has 3 heteroatoms. The lowest BCUT2D eigenvalue weighted by Crippen LogP contribution is -2.48. The SMILES string of the molecule is CCN1CCCC(C#N)(N(CC)CC)CC1. The first-order valence-corrected chi connectivity index (χ1v) is 6.61. The Morgan fingerprint density at radius 3 is 2.38 bits per heavy atom. The van der Waals surface area contributed by atoms with Gasteiger partial charge in [0, 0.05) is 6.54 Å². The van der Waals surface area contributed by atoms with Crippen molar-refractivity contribution in [3.8, 4) is 6.07 Å². The van der Waals surface area contributed by atoms with Gasteiger partial charge in [0.05, 0.1) is 6.07 Å². The fraction of sp³-hybridized carbons (Fsp3) is 0.923. The summed E-state index contributed by atoms with van der Waals surface area (Å²) in [6.07, 6.45) is 3.18.